The van der Waals surface area contributed by atoms with E-state index in [0.717, 1.165) is 25.7 Å². The molecule has 0 aromatic rings. The lowest BCUT2D eigenvalue weighted by atomic mass is 9.85. The van der Waals surface area contributed by atoms with Crippen molar-refractivity contribution in [2.45, 2.75) is 43.8 Å². The molecule has 5 heteroatoms. The second-order valence-electron chi connectivity index (χ2n) is 4.22. The van der Waals surface area contributed by atoms with Gasteiger partial charge in [0.15, 0.2) is 0 Å². The summed E-state index contributed by atoms with van der Waals surface area (Å²) in [4.78, 5) is 10.6. The van der Waals surface area contributed by atoms with Crippen LogP contribution in [0.5, 0.6) is 0 Å². The number of carbonyl (C=O) groups excluding carboxylic acids is 1. The van der Waals surface area contributed by atoms with Crippen molar-refractivity contribution in [3.8, 4) is 12.3 Å². The number of alkyl halides is 1. The van der Waals surface area contributed by atoms with Crippen LogP contribution in [0, 0.1) is 12.3 Å². The van der Waals surface area contributed by atoms with Gasteiger partial charge in [-0.1, -0.05) is 12.3 Å². The Morgan fingerprint density at radius 3 is 2.59 bits per heavy atom. The number of amides is 1. The van der Waals surface area contributed by atoms with Crippen LogP contribution in [0.1, 0.15) is 32.1 Å². The van der Waals surface area contributed by atoms with Gasteiger partial charge in [0.25, 0.3) is 0 Å². The molecule has 0 radical (unpaired) electrons. The van der Waals surface area contributed by atoms with Gasteiger partial charge < -0.3 is 15.2 Å². The van der Waals surface area contributed by atoms with E-state index in [1.54, 1.807) is 0 Å². The molecule has 2 N–H and O–H groups in total. The van der Waals surface area contributed by atoms with Crippen molar-refractivity contribution in [3.63, 3.8) is 0 Å². The first-order chi connectivity index (χ1) is 8.12. The van der Waals surface area contributed by atoms with E-state index in [4.69, 9.17) is 33.2 Å². The third-order valence-electron chi connectivity index (χ3n) is 2.92. The Kier molecular flexibility index (Phi) is 5.60. The van der Waals surface area contributed by atoms with Gasteiger partial charge in [-0.05, 0) is 25.7 Å². The lowest BCUT2D eigenvalue weighted by molar-refractivity contribution is -0.0606. The minimum atomic E-state index is -0.849. The van der Waals surface area contributed by atoms with Gasteiger partial charge in [0.1, 0.15) is 11.7 Å². The zero-order valence-corrected chi connectivity index (χ0v) is 10.5. The van der Waals surface area contributed by atoms with Crippen molar-refractivity contribution in [2.75, 3.05) is 12.5 Å². The van der Waals surface area contributed by atoms with Gasteiger partial charge >= 0.3 is 6.09 Å². The summed E-state index contributed by atoms with van der Waals surface area (Å²) < 4.78 is 10.5. The zero-order chi connectivity index (χ0) is 12.7. The molecule has 1 fully saturated rings. The van der Waals surface area contributed by atoms with Crippen LogP contribution in [0.3, 0.4) is 0 Å². The van der Waals surface area contributed by atoms with Gasteiger partial charge in [-0.25, -0.2) is 4.79 Å². The number of nitrogens with two attached hydrogens (primary N) is 1. The molecule has 1 saturated carbocycles. The third-order valence-corrected chi connectivity index (χ3v) is 3.27. The fourth-order valence-corrected chi connectivity index (χ4v) is 2.13. The molecule has 17 heavy (non-hydrogen) atoms. The maximum atomic E-state index is 10.6. The molecule has 0 aromatic heterocycles. The average Bonchev–Trinajstić information content (AvgIpc) is 2.35. The van der Waals surface area contributed by atoms with Gasteiger partial charge in [0, 0.05) is 0 Å². The maximum absolute atomic E-state index is 10.6. The van der Waals surface area contributed by atoms with E-state index in [0.29, 0.717) is 0 Å². The molecular weight excluding hydrogens is 242 g/mol. The van der Waals surface area contributed by atoms with E-state index in [1.165, 1.54) is 6.42 Å². The predicted octanol–water partition coefficient (Wildman–Crippen LogP) is 2.04. The molecule has 1 rings (SSSR count). The van der Waals surface area contributed by atoms with Gasteiger partial charge in [-0.3, -0.25) is 0 Å². The molecule has 0 aliphatic heterocycles. The maximum Gasteiger partial charge on any atom is 0.404 e. The number of terminal acetylenes is 1. The minimum Gasteiger partial charge on any atom is -0.443 e. The summed E-state index contributed by atoms with van der Waals surface area (Å²) in [6, 6.07) is 0. The summed E-state index contributed by atoms with van der Waals surface area (Å²) in [6.45, 7) is 0.191. The SMILES string of the molecule is C#CC1(OC[C@@H](CCl)OC(N)=O)CCCCC1. The molecule has 1 atom stereocenters. The van der Waals surface area contributed by atoms with E-state index >= 15 is 0 Å². The Bertz CT molecular complexity index is 295. The highest BCUT2D eigenvalue weighted by Crippen LogP contribution is 2.31. The normalized spacial score (nSPS) is 20.2. The van der Waals surface area contributed by atoms with Crippen LogP contribution in [-0.2, 0) is 9.47 Å². The lowest BCUT2D eigenvalue weighted by Crippen LogP contribution is -2.38. The predicted molar refractivity (Wildman–Crippen MR) is 65.8 cm³/mol. The van der Waals surface area contributed by atoms with E-state index in [-0.39, 0.29) is 12.5 Å². The molecule has 0 aromatic carbocycles. The third kappa shape index (κ3) is 4.45. The highest BCUT2D eigenvalue weighted by Gasteiger charge is 2.31. The summed E-state index contributed by atoms with van der Waals surface area (Å²) in [5.74, 6) is 2.86. The van der Waals surface area contributed by atoms with Gasteiger partial charge in [-0.15, -0.1) is 18.0 Å². The van der Waals surface area contributed by atoms with Crippen molar-refractivity contribution >= 4 is 17.7 Å². The van der Waals surface area contributed by atoms with E-state index in [2.05, 4.69) is 5.92 Å². The average molecular weight is 260 g/mol. The first-order valence-corrected chi connectivity index (χ1v) is 6.29. The van der Waals surface area contributed by atoms with Gasteiger partial charge in [0.2, 0.25) is 0 Å². The fourth-order valence-electron chi connectivity index (χ4n) is 1.98. The molecule has 1 aliphatic rings. The summed E-state index contributed by atoms with van der Waals surface area (Å²) in [5.41, 5.74) is 4.40. The Morgan fingerprint density at radius 1 is 1.47 bits per heavy atom. The second kappa shape index (κ2) is 6.73. The lowest BCUT2D eigenvalue weighted by Gasteiger charge is -2.33. The van der Waals surface area contributed by atoms with Crippen LogP contribution in [0.4, 0.5) is 4.79 Å². The number of hydrogen-bond acceptors (Lipinski definition) is 3. The van der Waals surface area contributed by atoms with Crippen LogP contribution in [0.25, 0.3) is 0 Å². The van der Waals surface area contributed by atoms with E-state index < -0.39 is 17.8 Å². The van der Waals surface area contributed by atoms with Crippen molar-refractivity contribution in [1.29, 1.82) is 0 Å². The summed E-state index contributed by atoms with van der Waals surface area (Å²) in [6.07, 6.45) is 9.13. The summed E-state index contributed by atoms with van der Waals surface area (Å²) >= 11 is 5.65. The highest BCUT2D eigenvalue weighted by molar-refractivity contribution is 6.18. The quantitative estimate of drug-likeness (QED) is 0.607. The van der Waals surface area contributed by atoms with Crippen LogP contribution in [0.2, 0.25) is 0 Å². The van der Waals surface area contributed by atoms with Crippen LogP contribution in [-0.4, -0.2) is 30.3 Å². The standard InChI is InChI=1S/C12H18ClNO3/c1-2-12(6-4-3-5-7-12)16-9-10(8-13)17-11(14)15/h1,10H,3-9H2,(H2,14,15)/t10-/m1/s1. The van der Waals surface area contributed by atoms with Crippen molar-refractivity contribution < 1.29 is 14.3 Å². The monoisotopic (exact) mass is 259 g/mol. The Balaban J connectivity index is 2.45. The summed E-state index contributed by atoms with van der Waals surface area (Å²) in [7, 11) is 0. The number of hydrogen-bond donors (Lipinski definition) is 1. The van der Waals surface area contributed by atoms with Gasteiger partial charge in [0.05, 0.1) is 12.5 Å². The Morgan fingerprint density at radius 2 is 2.12 bits per heavy atom. The molecular formula is C12H18ClNO3. The first-order valence-electron chi connectivity index (χ1n) is 5.75. The zero-order valence-electron chi connectivity index (χ0n) is 9.78. The van der Waals surface area contributed by atoms with Crippen LogP contribution < -0.4 is 5.73 Å². The van der Waals surface area contributed by atoms with E-state index in [1.807, 2.05) is 0 Å². The number of ether oxygens (including phenoxy) is 2. The van der Waals surface area contributed by atoms with Crippen LogP contribution in [0.15, 0.2) is 0 Å². The van der Waals surface area contributed by atoms with Gasteiger partial charge in [-0.2, -0.15) is 0 Å². The largest absolute Gasteiger partial charge is 0.443 e. The van der Waals surface area contributed by atoms with Crippen molar-refractivity contribution in [3.05, 3.63) is 0 Å². The summed E-state index contributed by atoms with van der Waals surface area (Å²) in [5, 5.41) is 0. The molecule has 1 amide bonds. The molecule has 0 heterocycles. The molecule has 1 aliphatic carbocycles. The van der Waals surface area contributed by atoms with Crippen LogP contribution >= 0.6 is 11.6 Å². The molecule has 0 saturated heterocycles. The fraction of sp³-hybridized carbons (Fsp3) is 0.750. The Labute approximate surface area is 107 Å². The van der Waals surface area contributed by atoms with Crippen molar-refractivity contribution in [1.82, 2.24) is 0 Å². The molecule has 0 unspecified atom stereocenters. The minimum absolute atomic E-state index is 0.142. The first kappa shape index (κ1) is 14.1. The highest BCUT2D eigenvalue weighted by atomic mass is 35.5. The number of carbonyl (C=O) groups is 1. The molecule has 0 bridgehead atoms. The molecule has 4 nitrogen and oxygen atoms in total. The molecule has 0 spiro atoms. The second-order valence-corrected chi connectivity index (χ2v) is 4.53. The van der Waals surface area contributed by atoms with E-state index in [9.17, 15) is 4.79 Å². The Hall–Kier alpha value is -0.920. The smallest absolute Gasteiger partial charge is 0.404 e. The number of halogens is 1. The van der Waals surface area contributed by atoms with Crippen molar-refractivity contribution in [2.24, 2.45) is 5.73 Å². The number of rotatable bonds is 5. The topological polar surface area (TPSA) is 61.6 Å². The molecule has 96 valence electrons. The number of primary amides is 1.